The lowest BCUT2D eigenvalue weighted by molar-refractivity contribution is 0.0948. The molecular formula is C23H20FN3O3. The van der Waals surface area contributed by atoms with Crippen molar-refractivity contribution < 1.29 is 19.0 Å². The van der Waals surface area contributed by atoms with Crippen molar-refractivity contribution in [3.05, 3.63) is 88.9 Å². The fraction of sp³-hybridized carbons (Fsp3) is 0.174. The molecule has 0 bridgehead atoms. The molecule has 0 spiro atoms. The van der Waals surface area contributed by atoms with Gasteiger partial charge in [-0.1, -0.05) is 31.2 Å². The monoisotopic (exact) mass is 405 g/mol. The van der Waals surface area contributed by atoms with Gasteiger partial charge in [-0.25, -0.2) is 9.37 Å². The van der Waals surface area contributed by atoms with Crippen LogP contribution in [-0.2, 0) is 6.54 Å². The lowest BCUT2D eigenvalue weighted by Gasteiger charge is -2.12. The molecule has 0 saturated carbocycles. The number of aliphatic hydroxyl groups excluding tert-OH is 1. The molecule has 0 saturated heterocycles. The van der Waals surface area contributed by atoms with Crippen molar-refractivity contribution >= 4 is 5.91 Å². The van der Waals surface area contributed by atoms with E-state index in [4.69, 9.17) is 10.00 Å². The number of aliphatic hydroxyl groups is 1. The second kappa shape index (κ2) is 9.63. The Labute approximate surface area is 173 Å². The van der Waals surface area contributed by atoms with Gasteiger partial charge in [-0.2, -0.15) is 5.26 Å². The molecule has 1 amide bonds. The number of amides is 1. The summed E-state index contributed by atoms with van der Waals surface area (Å²) in [6.07, 6.45) is 1.60. The van der Waals surface area contributed by atoms with Crippen LogP contribution in [0.5, 0.6) is 11.6 Å². The van der Waals surface area contributed by atoms with Crippen molar-refractivity contribution in [1.82, 2.24) is 10.3 Å². The summed E-state index contributed by atoms with van der Waals surface area (Å²) in [6, 6.07) is 16.0. The van der Waals surface area contributed by atoms with Crippen molar-refractivity contribution in [3.8, 4) is 17.7 Å². The van der Waals surface area contributed by atoms with Crippen LogP contribution < -0.4 is 10.1 Å². The van der Waals surface area contributed by atoms with Crippen molar-refractivity contribution in [2.24, 2.45) is 0 Å². The predicted molar refractivity (Wildman–Crippen MR) is 108 cm³/mol. The van der Waals surface area contributed by atoms with Gasteiger partial charge < -0.3 is 15.2 Å². The SMILES string of the molecule is CCC(O)c1ccc(CNC(=O)c2cccnc2Oc2ccc(F)c(C#N)c2)cc1. The number of carbonyl (C=O) groups is 1. The summed E-state index contributed by atoms with van der Waals surface area (Å²) in [5.74, 6) is -0.794. The van der Waals surface area contributed by atoms with Gasteiger partial charge in [-0.15, -0.1) is 0 Å². The number of benzene rings is 2. The molecule has 0 radical (unpaired) electrons. The Bertz CT molecular complexity index is 1080. The first-order valence-corrected chi connectivity index (χ1v) is 9.39. The Morgan fingerprint density at radius 3 is 2.73 bits per heavy atom. The highest BCUT2D eigenvalue weighted by Crippen LogP contribution is 2.25. The van der Waals surface area contributed by atoms with Gasteiger partial charge in [-0.05, 0) is 41.8 Å². The van der Waals surface area contributed by atoms with Gasteiger partial charge in [0.2, 0.25) is 5.88 Å². The largest absolute Gasteiger partial charge is 0.438 e. The van der Waals surface area contributed by atoms with Crippen molar-refractivity contribution in [2.75, 3.05) is 0 Å². The highest BCUT2D eigenvalue weighted by Gasteiger charge is 2.15. The molecule has 2 aromatic carbocycles. The number of hydrogen-bond acceptors (Lipinski definition) is 5. The average molecular weight is 405 g/mol. The van der Waals surface area contributed by atoms with E-state index in [-0.39, 0.29) is 29.3 Å². The highest BCUT2D eigenvalue weighted by molar-refractivity contribution is 5.96. The summed E-state index contributed by atoms with van der Waals surface area (Å²) in [5, 5.41) is 21.6. The van der Waals surface area contributed by atoms with E-state index >= 15 is 0 Å². The van der Waals surface area contributed by atoms with E-state index in [1.807, 2.05) is 31.2 Å². The minimum Gasteiger partial charge on any atom is -0.438 e. The molecule has 2 N–H and O–H groups in total. The first-order valence-electron chi connectivity index (χ1n) is 9.39. The first-order chi connectivity index (χ1) is 14.5. The lowest BCUT2D eigenvalue weighted by Crippen LogP contribution is -2.23. The maximum absolute atomic E-state index is 13.5. The maximum atomic E-state index is 13.5. The van der Waals surface area contributed by atoms with Crippen molar-refractivity contribution in [1.29, 1.82) is 5.26 Å². The molecule has 0 fully saturated rings. The van der Waals surface area contributed by atoms with E-state index in [2.05, 4.69) is 10.3 Å². The first kappa shape index (κ1) is 21.0. The van der Waals surface area contributed by atoms with Crippen LogP contribution in [0.1, 0.15) is 46.5 Å². The zero-order chi connectivity index (χ0) is 21.5. The molecule has 1 atom stereocenters. The third-order valence-corrected chi connectivity index (χ3v) is 4.49. The van der Waals surface area contributed by atoms with Crippen LogP contribution in [0.3, 0.4) is 0 Å². The molecule has 0 aliphatic carbocycles. The van der Waals surface area contributed by atoms with Crippen LogP contribution in [-0.4, -0.2) is 16.0 Å². The van der Waals surface area contributed by atoms with Gasteiger partial charge in [0.05, 0.1) is 11.7 Å². The number of rotatable bonds is 7. The number of hydrogen-bond donors (Lipinski definition) is 2. The Morgan fingerprint density at radius 2 is 2.03 bits per heavy atom. The third-order valence-electron chi connectivity index (χ3n) is 4.49. The average Bonchev–Trinajstić information content (AvgIpc) is 2.79. The normalized spacial score (nSPS) is 11.4. The van der Waals surface area contributed by atoms with Crippen LogP contribution >= 0.6 is 0 Å². The standard InChI is InChI=1S/C23H20FN3O3/c1-2-21(28)16-7-5-15(6-8-16)14-27-22(29)19-4-3-11-26-23(19)30-18-9-10-20(24)17(12-18)13-25/h3-12,21,28H,2,14H2,1H3,(H,27,29). The second-order valence-electron chi connectivity index (χ2n) is 6.56. The van der Waals surface area contributed by atoms with Gasteiger partial charge >= 0.3 is 0 Å². The summed E-state index contributed by atoms with van der Waals surface area (Å²) in [6.45, 7) is 2.18. The van der Waals surface area contributed by atoms with E-state index in [9.17, 15) is 14.3 Å². The minimum absolute atomic E-state index is 0.0481. The quantitative estimate of drug-likeness (QED) is 0.612. The molecule has 3 aromatic rings. The van der Waals surface area contributed by atoms with Gasteiger partial charge in [-0.3, -0.25) is 4.79 Å². The zero-order valence-corrected chi connectivity index (χ0v) is 16.3. The molecule has 152 valence electrons. The number of ether oxygens (including phenoxy) is 1. The molecule has 0 aliphatic heterocycles. The van der Waals surface area contributed by atoms with Gasteiger partial charge in [0.15, 0.2) is 0 Å². The maximum Gasteiger partial charge on any atom is 0.257 e. The van der Waals surface area contributed by atoms with Crippen LogP contribution in [0, 0.1) is 17.1 Å². The van der Waals surface area contributed by atoms with Crippen LogP contribution in [0.25, 0.3) is 0 Å². The molecular weight excluding hydrogens is 385 g/mol. The molecule has 1 heterocycles. The topological polar surface area (TPSA) is 95.2 Å². The molecule has 30 heavy (non-hydrogen) atoms. The fourth-order valence-electron chi connectivity index (χ4n) is 2.78. The van der Waals surface area contributed by atoms with Gasteiger partial charge in [0.25, 0.3) is 5.91 Å². The summed E-state index contributed by atoms with van der Waals surface area (Å²) in [5.41, 5.74) is 1.75. The number of halogens is 1. The zero-order valence-electron chi connectivity index (χ0n) is 16.3. The number of nitriles is 1. The molecule has 0 aliphatic rings. The Hall–Kier alpha value is -3.76. The van der Waals surface area contributed by atoms with Crippen LogP contribution in [0.4, 0.5) is 4.39 Å². The van der Waals surface area contributed by atoms with Crippen molar-refractivity contribution in [2.45, 2.75) is 26.0 Å². The Kier molecular flexibility index (Phi) is 6.73. The highest BCUT2D eigenvalue weighted by atomic mass is 19.1. The summed E-state index contributed by atoms with van der Waals surface area (Å²) < 4.78 is 19.1. The summed E-state index contributed by atoms with van der Waals surface area (Å²) in [4.78, 5) is 16.7. The van der Waals surface area contributed by atoms with Crippen LogP contribution in [0.2, 0.25) is 0 Å². The Balaban J connectivity index is 1.70. The van der Waals surface area contributed by atoms with E-state index in [1.54, 1.807) is 18.2 Å². The Morgan fingerprint density at radius 1 is 1.27 bits per heavy atom. The number of carbonyl (C=O) groups excluding carboxylic acids is 1. The molecule has 3 rings (SSSR count). The number of nitrogens with one attached hydrogen (secondary N) is 1. The molecule has 7 heteroatoms. The summed E-state index contributed by atoms with van der Waals surface area (Å²) >= 11 is 0. The van der Waals surface area contributed by atoms with Gasteiger partial charge in [0.1, 0.15) is 23.2 Å². The van der Waals surface area contributed by atoms with E-state index in [1.165, 1.54) is 18.3 Å². The van der Waals surface area contributed by atoms with Crippen molar-refractivity contribution in [3.63, 3.8) is 0 Å². The smallest absolute Gasteiger partial charge is 0.257 e. The van der Waals surface area contributed by atoms with Gasteiger partial charge in [0, 0.05) is 18.8 Å². The van der Waals surface area contributed by atoms with E-state index < -0.39 is 17.8 Å². The minimum atomic E-state index is -0.652. The summed E-state index contributed by atoms with van der Waals surface area (Å²) in [7, 11) is 0. The molecule has 6 nitrogen and oxygen atoms in total. The molecule has 1 aromatic heterocycles. The number of pyridine rings is 1. The fourth-order valence-corrected chi connectivity index (χ4v) is 2.78. The lowest BCUT2D eigenvalue weighted by atomic mass is 10.1. The third kappa shape index (κ3) is 4.99. The second-order valence-corrected chi connectivity index (χ2v) is 6.56. The van der Waals surface area contributed by atoms with E-state index in [0.717, 1.165) is 17.2 Å². The van der Waals surface area contributed by atoms with Crippen LogP contribution in [0.15, 0.2) is 60.8 Å². The molecule has 1 unspecified atom stereocenters. The predicted octanol–water partition coefficient (Wildman–Crippen LogP) is 4.26. The number of nitrogens with zero attached hydrogens (tertiary/aromatic N) is 2. The van der Waals surface area contributed by atoms with E-state index in [0.29, 0.717) is 6.42 Å². The number of aromatic nitrogens is 1.